The minimum atomic E-state index is -0.349. The SMILES string of the molecule is C#Cc1ccc(-c2nnc(NC3CCCNC3)c3cc(F)ccc23)c(O)c1. The van der Waals surface area contributed by atoms with E-state index in [1.165, 1.54) is 18.2 Å². The summed E-state index contributed by atoms with van der Waals surface area (Å²) in [7, 11) is 0. The lowest BCUT2D eigenvalue weighted by Gasteiger charge is -2.24. The van der Waals surface area contributed by atoms with Crippen LogP contribution in [0.15, 0.2) is 36.4 Å². The largest absolute Gasteiger partial charge is 0.507 e. The zero-order chi connectivity index (χ0) is 18.8. The number of phenols is 1. The minimum absolute atomic E-state index is 0.0163. The number of hydrogen-bond donors (Lipinski definition) is 3. The lowest BCUT2D eigenvalue weighted by molar-refractivity contribution is 0.476. The molecule has 27 heavy (non-hydrogen) atoms. The molecular formula is C21H19FN4O. The number of aromatic nitrogens is 2. The number of aromatic hydroxyl groups is 1. The van der Waals surface area contributed by atoms with E-state index in [1.807, 2.05) is 0 Å². The molecule has 0 radical (unpaired) electrons. The van der Waals surface area contributed by atoms with Crippen LogP contribution >= 0.6 is 0 Å². The Morgan fingerprint density at radius 3 is 2.81 bits per heavy atom. The van der Waals surface area contributed by atoms with Crippen molar-refractivity contribution in [3.63, 3.8) is 0 Å². The first-order chi connectivity index (χ1) is 13.2. The summed E-state index contributed by atoms with van der Waals surface area (Å²) in [5.74, 6) is 2.69. The molecular weight excluding hydrogens is 343 g/mol. The summed E-state index contributed by atoms with van der Waals surface area (Å²) in [6.45, 7) is 1.83. The Labute approximate surface area is 156 Å². The Hall–Kier alpha value is -3.17. The number of phenolic OH excluding ortho intramolecular Hbond substituents is 1. The van der Waals surface area contributed by atoms with Crippen LogP contribution in [0, 0.1) is 18.2 Å². The van der Waals surface area contributed by atoms with Crippen molar-refractivity contribution in [2.24, 2.45) is 0 Å². The fourth-order valence-electron chi connectivity index (χ4n) is 3.42. The van der Waals surface area contributed by atoms with E-state index in [9.17, 15) is 9.50 Å². The van der Waals surface area contributed by atoms with E-state index < -0.39 is 0 Å². The van der Waals surface area contributed by atoms with Crippen LogP contribution in [0.4, 0.5) is 10.2 Å². The van der Waals surface area contributed by atoms with E-state index in [0.29, 0.717) is 33.4 Å². The molecule has 0 saturated carbocycles. The molecule has 2 aromatic carbocycles. The number of terminal acetylenes is 1. The molecule has 1 unspecified atom stereocenters. The first kappa shape index (κ1) is 17.3. The zero-order valence-electron chi connectivity index (χ0n) is 14.7. The topological polar surface area (TPSA) is 70.1 Å². The number of nitrogens with zero attached hydrogens (tertiary/aromatic N) is 2. The van der Waals surface area contributed by atoms with E-state index >= 15 is 0 Å². The van der Waals surface area contributed by atoms with E-state index in [4.69, 9.17) is 6.42 Å². The quantitative estimate of drug-likeness (QED) is 0.624. The number of piperidine rings is 1. The zero-order valence-corrected chi connectivity index (χ0v) is 14.7. The summed E-state index contributed by atoms with van der Waals surface area (Å²) < 4.78 is 13.9. The highest BCUT2D eigenvalue weighted by Gasteiger charge is 2.18. The van der Waals surface area contributed by atoms with Crippen LogP contribution in [0.5, 0.6) is 5.75 Å². The number of halogens is 1. The van der Waals surface area contributed by atoms with Crippen LogP contribution in [0.3, 0.4) is 0 Å². The van der Waals surface area contributed by atoms with Crippen molar-refractivity contribution in [3.8, 4) is 29.4 Å². The van der Waals surface area contributed by atoms with Crippen molar-refractivity contribution in [2.75, 3.05) is 18.4 Å². The Morgan fingerprint density at radius 1 is 1.19 bits per heavy atom. The number of fused-ring (bicyclic) bond motifs is 1. The van der Waals surface area contributed by atoms with Gasteiger partial charge in [-0.05, 0) is 55.8 Å². The highest BCUT2D eigenvalue weighted by atomic mass is 19.1. The number of nitrogens with one attached hydrogen (secondary N) is 2. The first-order valence-corrected chi connectivity index (χ1v) is 8.89. The Balaban J connectivity index is 1.82. The minimum Gasteiger partial charge on any atom is -0.507 e. The first-order valence-electron chi connectivity index (χ1n) is 8.89. The van der Waals surface area contributed by atoms with Crippen LogP contribution < -0.4 is 10.6 Å². The van der Waals surface area contributed by atoms with Gasteiger partial charge in [0.15, 0.2) is 5.82 Å². The van der Waals surface area contributed by atoms with Crippen molar-refractivity contribution in [3.05, 3.63) is 47.8 Å². The molecule has 0 bridgehead atoms. The molecule has 0 amide bonds. The molecule has 0 aliphatic carbocycles. The van der Waals surface area contributed by atoms with Gasteiger partial charge >= 0.3 is 0 Å². The second-order valence-corrected chi connectivity index (χ2v) is 6.65. The average Bonchev–Trinajstić information content (AvgIpc) is 2.69. The molecule has 0 spiro atoms. The molecule has 5 nitrogen and oxygen atoms in total. The molecule has 3 N–H and O–H groups in total. The predicted molar refractivity (Wildman–Crippen MR) is 104 cm³/mol. The van der Waals surface area contributed by atoms with E-state index in [-0.39, 0.29) is 17.6 Å². The highest BCUT2D eigenvalue weighted by Crippen LogP contribution is 2.35. The summed E-state index contributed by atoms with van der Waals surface area (Å²) in [5.41, 5.74) is 1.56. The van der Waals surface area contributed by atoms with Crippen molar-refractivity contribution in [1.29, 1.82) is 0 Å². The molecule has 4 rings (SSSR count). The van der Waals surface area contributed by atoms with Gasteiger partial charge in [-0.3, -0.25) is 0 Å². The summed E-state index contributed by atoms with van der Waals surface area (Å²) in [4.78, 5) is 0. The third-order valence-electron chi connectivity index (χ3n) is 4.80. The molecule has 3 aromatic rings. The smallest absolute Gasteiger partial charge is 0.156 e. The van der Waals surface area contributed by atoms with Crippen LogP contribution in [0.1, 0.15) is 18.4 Å². The summed E-state index contributed by atoms with van der Waals surface area (Å²) in [6, 6.07) is 9.64. The van der Waals surface area contributed by atoms with Crippen molar-refractivity contribution in [1.82, 2.24) is 15.5 Å². The number of anilines is 1. The Morgan fingerprint density at radius 2 is 2.07 bits per heavy atom. The van der Waals surface area contributed by atoms with Gasteiger partial charge in [0.1, 0.15) is 17.3 Å². The number of hydrogen-bond acceptors (Lipinski definition) is 5. The third kappa shape index (κ3) is 3.42. The summed E-state index contributed by atoms with van der Waals surface area (Å²) in [5, 5.41) is 27.0. The van der Waals surface area contributed by atoms with Gasteiger partial charge in [-0.2, -0.15) is 0 Å². The molecule has 1 saturated heterocycles. The molecule has 2 heterocycles. The molecule has 1 aliphatic heterocycles. The average molecular weight is 362 g/mol. The molecule has 1 aromatic heterocycles. The van der Waals surface area contributed by atoms with E-state index in [1.54, 1.807) is 18.2 Å². The number of rotatable bonds is 3. The van der Waals surface area contributed by atoms with Gasteiger partial charge in [-0.15, -0.1) is 16.6 Å². The standard InChI is InChI=1S/C21H19FN4O/c1-2-13-5-7-17(19(27)10-13)20-16-8-6-14(22)11-18(16)21(26-25-20)24-15-4-3-9-23-12-15/h1,5-8,10-11,15,23,27H,3-4,9,12H2,(H,24,26). The van der Waals surface area contributed by atoms with Gasteiger partial charge in [0.05, 0.1) is 0 Å². The second-order valence-electron chi connectivity index (χ2n) is 6.65. The van der Waals surface area contributed by atoms with Crippen LogP contribution in [-0.4, -0.2) is 34.4 Å². The molecule has 1 atom stereocenters. The van der Waals surface area contributed by atoms with Gasteiger partial charge in [0.25, 0.3) is 0 Å². The summed E-state index contributed by atoms with van der Waals surface area (Å²) in [6.07, 6.45) is 7.47. The van der Waals surface area contributed by atoms with Gasteiger partial charge in [-0.25, -0.2) is 4.39 Å². The van der Waals surface area contributed by atoms with Crippen molar-refractivity contribution in [2.45, 2.75) is 18.9 Å². The van der Waals surface area contributed by atoms with Crippen LogP contribution in [-0.2, 0) is 0 Å². The normalized spacial score (nSPS) is 16.8. The monoisotopic (exact) mass is 362 g/mol. The van der Waals surface area contributed by atoms with E-state index in [2.05, 4.69) is 26.8 Å². The molecule has 1 aliphatic rings. The predicted octanol–water partition coefficient (Wildman–Crippen LogP) is 3.29. The lowest BCUT2D eigenvalue weighted by atomic mass is 10.0. The maximum atomic E-state index is 13.9. The van der Waals surface area contributed by atoms with E-state index in [0.717, 1.165) is 25.9 Å². The van der Waals surface area contributed by atoms with Crippen molar-refractivity contribution >= 4 is 16.6 Å². The van der Waals surface area contributed by atoms with Crippen LogP contribution in [0.2, 0.25) is 0 Å². The summed E-state index contributed by atoms with van der Waals surface area (Å²) >= 11 is 0. The van der Waals surface area contributed by atoms with Gasteiger partial charge in [0, 0.05) is 34.5 Å². The van der Waals surface area contributed by atoms with Crippen molar-refractivity contribution < 1.29 is 9.50 Å². The molecule has 136 valence electrons. The fourth-order valence-corrected chi connectivity index (χ4v) is 3.42. The highest BCUT2D eigenvalue weighted by molar-refractivity contribution is 6.01. The van der Waals surface area contributed by atoms with Gasteiger partial charge in [0.2, 0.25) is 0 Å². The van der Waals surface area contributed by atoms with Gasteiger partial charge in [-0.1, -0.05) is 5.92 Å². The number of benzene rings is 2. The Kier molecular flexibility index (Phi) is 4.61. The molecule has 1 fully saturated rings. The maximum absolute atomic E-state index is 13.9. The fraction of sp³-hybridized carbons (Fsp3) is 0.238. The maximum Gasteiger partial charge on any atom is 0.156 e. The second kappa shape index (κ2) is 7.22. The van der Waals surface area contributed by atoms with Crippen LogP contribution in [0.25, 0.3) is 22.0 Å². The Bertz CT molecular complexity index is 1040. The third-order valence-corrected chi connectivity index (χ3v) is 4.80. The van der Waals surface area contributed by atoms with Gasteiger partial charge < -0.3 is 15.7 Å². The molecule has 6 heteroatoms. The lowest BCUT2D eigenvalue weighted by Crippen LogP contribution is -2.38.